The van der Waals surface area contributed by atoms with Crippen LogP contribution < -0.4 is 4.74 Å². The van der Waals surface area contributed by atoms with E-state index in [-0.39, 0.29) is 30.4 Å². The first-order chi connectivity index (χ1) is 13.4. The van der Waals surface area contributed by atoms with Gasteiger partial charge in [-0.1, -0.05) is 0 Å². The van der Waals surface area contributed by atoms with Crippen molar-refractivity contribution in [1.29, 1.82) is 0 Å². The van der Waals surface area contributed by atoms with Crippen molar-refractivity contribution in [3.8, 4) is 5.75 Å². The van der Waals surface area contributed by atoms with Crippen LogP contribution in [0.5, 0.6) is 5.75 Å². The summed E-state index contributed by atoms with van der Waals surface area (Å²) in [5.41, 5.74) is 0. The fourth-order valence-corrected chi connectivity index (χ4v) is 4.55. The van der Waals surface area contributed by atoms with E-state index in [4.69, 9.17) is 9.15 Å². The third kappa shape index (κ3) is 4.73. The summed E-state index contributed by atoms with van der Waals surface area (Å²) >= 11 is 0. The van der Waals surface area contributed by atoms with Crippen LogP contribution in [-0.2, 0) is 21.4 Å². The molecule has 152 valence electrons. The highest BCUT2D eigenvalue weighted by molar-refractivity contribution is 7.89. The van der Waals surface area contributed by atoms with Gasteiger partial charge in [-0.3, -0.25) is 9.69 Å². The summed E-state index contributed by atoms with van der Waals surface area (Å²) in [7, 11) is -0.191. The molecule has 0 aliphatic carbocycles. The second-order valence-electron chi connectivity index (χ2n) is 6.71. The van der Waals surface area contributed by atoms with E-state index in [1.54, 1.807) is 23.3 Å². The second-order valence-corrected chi connectivity index (χ2v) is 8.65. The zero-order valence-electron chi connectivity index (χ0n) is 16.1. The normalized spacial score (nSPS) is 15.8. The maximum Gasteiger partial charge on any atom is 0.243 e. The van der Waals surface area contributed by atoms with Crippen LogP contribution in [0.2, 0.25) is 0 Å². The Bertz CT molecular complexity index is 873. The van der Waals surface area contributed by atoms with E-state index in [9.17, 15) is 13.2 Å². The largest absolute Gasteiger partial charge is 0.497 e. The number of methoxy groups -OCH3 is 1. The summed E-state index contributed by atoms with van der Waals surface area (Å²) in [4.78, 5) is 16.3. The molecule has 1 aliphatic heterocycles. The maximum absolute atomic E-state index is 12.8. The molecular weight excluding hydrogens is 382 g/mol. The first kappa shape index (κ1) is 20.4. The van der Waals surface area contributed by atoms with Crippen molar-refractivity contribution in [2.45, 2.75) is 11.4 Å². The molecule has 1 aliphatic rings. The van der Waals surface area contributed by atoms with Gasteiger partial charge in [-0.15, -0.1) is 0 Å². The number of carbonyl (C=O) groups is 1. The Kier molecular flexibility index (Phi) is 6.38. The average molecular weight is 407 g/mol. The summed E-state index contributed by atoms with van der Waals surface area (Å²) in [6, 6.07) is 10.0. The number of furan rings is 1. The molecule has 1 amide bonds. The van der Waals surface area contributed by atoms with Gasteiger partial charge in [-0.25, -0.2) is 8.42 Å². The minimum absolute atomic E-state index is 0.0180. The fourth-order valence-electron chi connectivity index (χ4n) is 3.13. The van der Waals surface area contributed by atoms with Crippen molar-refractivity contribution in [1.82, 2.24) is 14.1 Å². The molecule has 0 spiro atoms. The van der Waals surface area contributed by atoms with E-state index in [2.05, 4.69) is 0 Å². The quantitative estimate of drug-likeness (QED) is 0.687. The highest BCUT2D eigenvalue weighted by Crippen LogP contribution is 2.20. The molecule has 1 aromatic heterocycles. The van der Waals surface area contributed by atoms with Gasteiger partial charge >= 0.3 is 0 Å². The summed E-state index contributed by atoms with van der Waals surface area (Å²) in [5.74, 6) is 1.38. The predicted octanol–water partition coefficient (Wildman–Crippen LogP) is 1.25. The van der Waals surface area contributed by atoms with Gasteiger partial charge in [0.1, 0.15) is 11.5 Å². The molecule has 9 heteroatoms. The van der Waals surface area contributed by atoms with E-state index >= 15 is 0 Å². The fraction of sp³-hybridized carbons (Fsp3) is 0.421. The molecule has 0 saturated carbocycles. The zero-order valence-corrected chi connectivity index (χ0v) is 16.9. The molecular formula is C19H25N3O5S. The first-order valence-corrected chi connectivity index (χ1v) is 10.5. The van der Waals surface area contributed by atoms with Crippen LogP contribution >= 0.6 is 0 Å². The molecule has 0 bridgehead atoms. The van der Waals surface area contributed by atoms with Gasteiger partial charge in [0.2, 0.25) is 15.9 Å². The highest BCUT2D eigenvalue weighted by atomic mass is 32.2. The molecule has 0 N–H and O–H groups in total. The Hall–Kier alpha value is -2.36. The Morgan fingerprint density at radius 2 is 1.82 bits per heavy atom. The summed E-state index contributed by atoms with van der Waals surface area (Å²) in [6.07, 6.45) is 1.60. The number of sulfonamides is 1. The minimum Gasteiger partial charge on any atom is -0.497 e. The maximum atomic E-state index is 12.8. The smallest absolute Gasteiger partial charge is 0.243 e. The van der Waals surface area contributed by atoms with Crippen LogP contribution in [0.1, 0.15) is 5.76 Å². The molecule has 28 heavy (non-hydrogen) atoms. The number of amides is 1. The number of ether oxygens (including phenoxy) is 1. The average Bonchev–Trinajstić information content (AvgIpc) is 3.21. The summed E-state index contributed by atoms with van der Waals surface area (Å²) < 4.78 is 37.3. The molecule has 2 aromatic rings. The summed E-state index contributed by atoms with van der Waals surface area (Å²) in [5, 5.41) is 0. The van der Waals surface area contributed by atoms with Crippen molar-refractivity contribution >= 4 is 15.9 Å². The van der Waals surface area contributed by atoms with Gasteiger partial charge in [-0.05, 0) is 43.4 Å². The molecule has 2 heterocycles. The Morgan fingerprint density at radius 3 is 2.39 bits per heavy atom. The standard InChI is InChI=1S/C19H25N3O5S/c1-20(14-17-4-3-13-27-17)15-19(23)21-9-11-22(12-10-21)28(24,25)18-7-5-16(26-2)6-8-18/h3-8,13H,9-12,14-15H2,1-2H3. The van der Waals surface area contributed by atoms with Crippen LogP contribution in [0.3, 0.4) is 0 Å². The van der Waals surface area contributed by atoms with Gasteiger partial charge in [0.05, 0.1) is 31.4 Å². The number of nitrogens with zero attached hydrogens (tertiary/aromatic N) is 3. The Labute approximate surface area is 165 Å². The molecule has 0 unspecified atom stereocenters. The van der Waals surface area contributed by atoms with Gasteiger partial charge in [0.25, 0.3) is 0 Å². The number of piperazine rings is 1. The molecule has 1 aromatic carbocycles. The van der Waals surface area contributed by atoms with E-state index in [0.29, 0.717) is 25.4 Å². The number of carbonyl (C=O) groups excluding carboxylic acids is 1. The number of benzene rings is 1. The van der Waals surface area contributed by atoms with Crippen LogP contribution in [0, 0.1) is 0 Å². The summed E-state index contributed by atoms with van der Waals surface area (Å²) in [6.45, 7) is 2.12. The molecule has 0 radical (unpaired) electrons. The minimum atomic E-state index is -3.58. The van der Waals surface area contributed by atoms with E-state index < -0.39 is 10.0 Å². The van der Waals surface area contributed by atoms with E-state index in [1.807, 2.05) is 24.1 Å². The number of rotatable bonds is 7. The first-order valence-electron chi connectivity index (χ1n) is 9.03. The molecule has 0 atom stereocenters. The topological polar surface area (TPSA) is 83.3 Å². The van der Waals surface area contributed by atoms with Crippen molar-refractivity contribution in [3.05, 3.63) is 48.4 Å². The Morgan fingerprint density at radius 1 is 1.14 bits per heavy atom. The third-order valence-corrected chi connectivity index (χ3v) is 6.61. The second kappa shape index (κ2) is 8.76. The van der Waals surface area contributed by atoms with E-state index in [1.165, 1.54) is 23.5 Å². The predicted molar refractivity (Wildman–Crippen MR) is 103 cm³/mol. The van der Waals surface area contributed by atoms with Crippen molar-refractivity contribution < 1.29 is 22.4 Å². The van der Waals surface area contributed by atoms with Crippen LogP contribution in [0.4, 0.5) is 0 Å². The lowest BCUT2D eigenvalue weighted by molar-refractivity contribution is -0.133. The van der Waals surface area contributed by atoms with Gasteiger partial charge in [0.15, 0.2) is 0 Å². The third-order valence-electron chi connectivity index (χ3n) is 4.70. The lowest BCUT2D eigenvalue weighted by Gasteiger charge is -2.34. The van der Waals surface area contributed by atoms with Gasteiger partial charge in [-0.2, -0.15) is 4.31 Å². The SMILES string of the molecule is COc1ccc(S(=O)(=O)N2CCN(C(=O)CN(C)Cc3ccco3)CC2)cc1. The van der Waals surface area contributed by atoms with Crippen LogP contribution in [0.15, 0.2) is 52.0 Å². The van der Waals surface area contributed by atoms with Crippen molar-refractivity contribution in [2.24, 2.45) is 0 Å². The lowest BCUT2D eigenvalue weighted by Crippen LogP contribution is -2.52. The molecule has 3 rings (SSSR count). The highest BCUT2D eigenvalue weighted by Gasteiger charge is 2.30. The number of hydrogen-bond donors (Lipinski definition) is 0. The van der Waals surface area contributed by atoms with Crippen LogP contribution in [-0.4, -0.2) is 75.3 Å². The lowest BCUT2D eigenvalue weighted by atomic mass is 10.3. The van der Waals surface area contributed by atoms with Gasteiger partial charge < -0.3 is 14.1 Å². The van der Waals surface area contributed by atoms with Crippen molar-refractivity contribution in [2.75, 3.05) is 46.9 Å². The van der Waals surface area contributed by atoms with Gasteiger partial charge in [0, 0.05) is 26.2 Å². The van der Waals surface area contributed by atoms with Crippen molar-refractivity contribution in [3.63, 3.8) is 0 Å². The zero-order chi connectivity index (χ0) is 20.1. The van der Waals surface area contributed by atoms with E-state index in [0.717, 1.165) is 5.76 Å². The Balaban J connectivity index is 1.53. The monoisotopic (exact) mass is 407 g/mol. The molecule has 1 saturated heterocycles. The molecule has 8 nitrogen and oxygen atoms in total. The molecule has 1 fully saturated rings. The van der Waals surface area contributed by atoms with Crippen LogP contribution in [0.25, 0.3) is 0 Å². The number of hydrogen-bond acceptors (Lipinski definition) is 6. The number of likely N-dealkylation sites (N-methyl/N-ethyl adjacent to an activating group) is 1.